The van der Waals surface area contributed by atoms with Crippen molar-refractivity contribution in [1.29, 1.82) is 5.26 Å². The first-order chi connectivity index (χ1) is 19.5. The Morgan fingerprint density at radius 3 is 2.25 bits per heavy atom. The monoisotopic (exact) mass is 542 g/mol. The Kier molecular flexibility index (Phi) is 8.16. The highest BCUT2D eigenvalue weighted by Crippen LogP contribution is 2.43. The summed E-state index contributed by atoms with van der Waals surface area (Å²) < 4.78 is 6.26. The molecule has 0 atom stereocenters. The fourth-order valence-corrected chi connectivity index (χ4v) is 7.69. The first kappa shape index (κ1) is 27.3. The van der Waals surface area contributed by atoms with Gasteiger partial charge in [0.25, 0.3) is 0 Å². The molecule has 1 aliphatic carbocycles. The van der Waals surface area contributed by atoms with Crippen LogP contribution in [0.25, 0.3) is 0 Å². The van der Waals surface area contributed by atoms with Crippen LogP contribution in [0.4, 0.5) is 11.5 Å². The molecule has 2 aromatic rings. The summed E-state index contributed by atoms with van der Waals surface area (Å²) in [5, 5.41) is 18.4. The average molecular weight is 543 g/mol. The smallest absolute Gasteiger partial charge is 0.233 e. The molecule has 1 saturated carbocycles. The number of nitrogens with zero attached hydrogens (tertiary/aromatic N) is 6. The first-order valence-corrected chi connectivity index (χ1v) is 15.7. The van der Waals surface area contributed by atoms with Crippen molar-refractivity contribution >= 4 is 11.5 Å². The molecule has 7 nitrogen and oxygen atoms in total. The van der Waals surface area contributed by atoms with Crippen molar-refractivity contribution in [3.05, 3.63) is 41.0 Å². The lowest BCUT2D eigenvalue weighted by Gasteiger charge is -2.40. The number of hydrogen-bond donors (Lipinski definition) is 0. The number of nitriles is 1. The van der Waals surface area contributed by atoms with E-state index in [0.717, 1.165) is 75.0 Å². The van der Waals surface area contributed by atoms with Gasteiger partial charge in [-0.1, -0.05) is 19.3 Å². The highest BCUT2D eigenvalue weighted by molar-refractivity contribution is 5.61. The molecule has 3 saturated heterocycles. The maximum Gasteiger partial charge on any atom is 0.233 e. The molecule has 1 spiro atoms. The van der Waals surface area contributed by atoms with Gasteiger partial charge in [-0.3, -0.25) is 0 Å². The molecule has 214 valence electrons. The lowest BCUT2D eigenvalue weighted by molar-refractivity contribution is 0.0827. The van der Waals surface area contributed by atoms with E-state index in [9.17, 15) is 5.26 Å². The molecule has 1 aromatic heterocycles. The molecule has 4 heterocycles. The van der Waals surface area contributed by atoms with Crippen LogP contribution in [0, 0.1) is 36.5 Å². The van der Waals surface area contributed by atoms with E-state index in [0.29, 0.717) is 11.3 Å². The van der Waals surface area contributed by atoms with Gasteiger partial charge in [-0.2, -0.15) is 5.26 Å². The quantitative estimate of drug-likeness (QED) is 0.451. The third-order valence-corrected chi connectivity index (χ3v) is 10.5. The van der Waals surface area contributed by atoms with Crippen LogP contribution >= 0.6 is 0 Å². The second-order valence-electron chi connectivity index (χ2n) is 13.0. The summed E-state index contributed by atoms with van der Waals surface area (Å²) in [5.41, 5.74) is 4.81. The average Bonchev–Trinajstić information content (AvgIpc) is 3.40. The normalized spacial score (nSPS) is 22.5. The molecule has 3 aliphatic heterocycles. The maximum absolute atomic E-state index is 9.37. The fourth-order valence-electron chi connectivity index (χ4n) is 7.69. The summed E-state index contributed by atoms with van der Waals surface area (Å²) in [7, 11) is 0. The molecule has 7 heteroatoms. The molecular weight excluding hydrogens is 496 g/mol. The Morgan fingerprint density at radius 1 is 0.850 bits per heavy atom. The fraction of sp³-hybridized carbons (Fsp3) is 0.667. The maximum atomic E-state index is 9.37. The molecule has 0 unspecified atom stereocenters. The summed E-state index contributed by atoms with van der Waals surface area (Å²) in [6.07, 6.45) is 13.2. The molecule has 6 rings (SSSR count). The number of hydrogen-bond acceptors (Lipinski definition) is 7. The van der Waals surface area contributed by atoms with Crippen LogP contribution in [0.1, 0.15) is 80.9 Å². The molecule has 0 N–H and O–H groups in total. The van der Waals surface area contributed by atoms with Gasteiger partial charge in [0.2, 0.25) is 5.88 Å². The van der Waals surface area contributed by atoms with Gasteiger partial charge in [-0.05, 0) is 99.5 Å². The molecule has 1 aromatic carbocycles. The van der Waals surface area contributed by atoms with E-state index in [1.807, 2.05) is 12.1 Å². The largest absolute Gasteiger partial charge is 0.473 e. The Bertz CT molecular complexity index is 1180. The van der Waals surface area contributed by atoms with Crippen LogP contribution in [-0.2, 0) is 0 Å². The topological polar surface area (TPSA) is 68.5 Å². The predicted octanol–water partition coefficient (Wildman–Crippen LogP) is 5.89. The van der Waals surface area contributed by atoms with Crippen molar-refractivity contribution in [2.24, 2.45) is 11.3 Å². The second-order valence-corrected chi connectivity index (χ2v) is 13.0. The SMILES string of the molecule is Cc1c(C#N)ccc(N2CCC3(CCN(c4ccc(OC5CCN(CC6CCCCC6)CC5)nn4)CC3)C2)c1C. The predicted molar refractivity (Wildman–Crippen MR) is 160 cm³/mol. The summed E-state index contributed by atoms with van der Waals surface area (Å²) in [4.78, 5) is 7.60. The van der Waals surface area contributed by atoms with Gasteiger partial charge in [0, 0.05) is 57.6 Å². The number of rotatable bonds is 6. The molecular formula is C33H46N6O. The molecule has 40 heavy (non-hydrogen) atoms. The van der Waals surface area contributed by atoms with Crippen LogP contribution in [0.15, 0.2) is 24.3 Å². The van der Waals surface area contributed by atoms with Crippen LogP contribution in [0.3, 0.4) is 0 Å². The van der Waals surface area contributed by atoms with E-state index < -0.39 is 0 Å². The Labute approximate surface area is 240 Å². The third kappa shape index (κ3) is 5.93. The van der Waals surface area contributed by atoms with Gasteiger partial charge in [0.15, 0.2) is 5.82 Å². The number of aromatic nitrogens is 2. The minimum absolute atomic E-state index is 0.256. The second kappa shape index (κ2) is 11.9. The summed E-state index contributed by atoms with van der Waals surface area (Å²) in [6, 6.07) is 10.6. The number of piperidine rings is 2. The molecule has 0 bridgehead atoms. The number of anilines is 2. The summed E-state index contributed by atoms with van der Waals surface area (Å²) >= 11 is 0. The summed E-state index contributed by atoms with van der Waals surface area (Å²) in [6.45, 7) is 12.0. The Hall–Kier alpha value is -2.85. The van der Waals surface area contributed by atoms with Crippen LogP contribution in [0.2, 0.25) is 0 Å². The Morgan fingerprint density at radius 2 is 1.57 bits per heavy atom. The highest BCUT2D eigenvalue weighted by Gasteiger charge is 2.41. The number of ether oxygens (including phenoxy) is 1. The molecule has 4 aliphatic rings. The van der Waals surface area contributed by atoms with E-state index in [-0.39, 0.29) is 6.10 Å². The lowest BCUT2D eigenvalue weighted by Crippen LogP contribution is -2.42. The van der Waals surface area contributed by atoms with Gasteiger partial charge >= 0.3 is 0 Å². The van der Waals surface area contributed by atoms with Crippen molar-refractivity contribution in [1.82, 2.24) is 15.1 Å². The van der Waals surface area contributed by atoms with Crippen molar-refractivity contribution in [2.75, 3.05) is 55.6 Å². The zero-order chi connectivity index (χ0) is 27.5. The van der Waals surface area contributed by atoms with Crippen LogP contribution < -0.4 is 14.5 Å². The Balaban J connectivity index is 0.969. The van der Waals surface area contributed by atoms with Crippen molar-refractivity contribution in [3.63, 3.8) is 0 Å². The van der Waals surface area contributed by atoms with E-state index in [1.165, 1.54) is 69.2 Å². The number of likely N-dealkylation sites (tertiary alicyclic amines) is 1. The van der Waals surface area contributed by atoms with Gasteiger partial charge in [0.05, 0.1) is 11.6 Å². The zero-order valence-corrected chi connectivity index (χ0v) is 24.6. The molecule has 4 fully saturated rings. The first-order valence-electron chi connectivity index (χ1n) is 15.7. The minimum atomic E-state index is 0.256. The van der Waals surface area contributed by atoms with E-state index in [1.54, 1.807) is 0 Å². The summed E-state index contributed by atoms with van der Waals surface area (Å²) in [5.74, 6) is 2.55. The van der Waals surface area contributed by atoms with Gasteiger partial charge in [-0.15, -0.1) is 10.2 Å². The van der Waals surface area contributed by atoms with E-state index in [2.05, 4.69) is 56.9 Å². The molecule has 0 radical (unpaired) electrons. The minimum Gasteiger partial charge on any atom is -0.473 e. The van der Waals surface area contributed by atoms with Gasteiger partial charge in [0.1, 0.15) is 6.10 Å². The van der Waals surface area contributed by atoms with Crippen molar-refractivity contribution in [2.45, 2.75) is 84.2 Å². The third-order valence-electron chi connectivity index (χ3n) is 10.5. The van der Waals surface area contributed by atoms with Gasteiger partial charge < -0.3 is 19.4 Å². The van der Waals surface area contributed by atoms with Crippen LogP contribution in [0.5, 0.6) is 5.88 Å². The van der Waals surface area contributed by atoms with Crippen molar-refractivity contribution < 1.29 is 4.74 Å². The van der Waals surface area contributed by atoms with Crippen LogP contribution in [-0.4, -0.2) is 67.0 Å². The highest BCUT2D eigenvalue weighted by atomic mass is 16.5. The molecule has 0 amide bonds. The van der Waals surface area contributed by atoms with E-state index >= 15 is 0 Å². The lowest BCUT2D eigenvalue weighted by atomic mass is 9.78. The van der Waals surface area contributed by atoms with Crippen molar-refractivity contribution in [3.8, 4) is 11.9 Å². The standard InChI is InChI=1S/C33H46N6O/c1-25-26(2)30(9-8-28(25)22-34)39-21-16-33(24-39)14-19-38(20-15-33)31-10-11-32(36-35-31)40-29-12-17-37(18-13-29)23-27-6-4-3-5-7-27/h8-11,27,29H,3-7,12-21,23-24H2,1-2H3. The zero-order valence-electron chi connectivity index (χ0n) is 24.6. The van der Waals surface area contributed by atoms with E-state index in [4.69, 9.17) is 4.74 Å². The number of benzene rings is 1. The van der Waals surface area contributed by atoms with Gasteiger partial charge in [-0.25, -0.2) is 0 Å².